The maximum atomic E-state index is 12.9. The first-order chi connectivity index (χ1) is 10.0. The predicted molar refractivity (Wildman–Crippen MR) is 78.1 cm³/mol. The predicted octanol–water partition coefficient (Wildman–Crippen LogP) is 3.92. The van der Waals surface area contributed by atoms with E-state index in [2.05, 4.69) is 5.32 Å². The van der Waals surface area contributed by atoms with Crippen molar-refractivity contribution in [1.82, 2.24) is 0 Å². The number of nitrogens with one attached hydrogen (secondary N) is 1. The minimum Gasteiger partial charge on any atom is -0.494 e. The molecule has 0 aliphatic carbocycles. The highest BCUT2D eigenvalue weighted by molar-refractivity contribution is 5.61. The number of rotatable bonds is 5. The normalized spacial score (nSPS) is 11.8. The van der Waals surface area contributed by atoms with Gasteiger partial charge in [0.2, 0.25) is 0 Å². The molecule has 0 aromatic heterocycles. The van der Waals surface area contributed by atoms with E-state index in [4.69, 9.17) is 4.74 Å². The fraction of sp³-hybridized carbons (Fsp3) is 0.200. The van der Waals surface area contributed by atoms with Crippen molar-refractivity contribution in [3.63, 3.8) is 0 Å². The number of anilines is 1. The molecular weight excluding hydrogens is 275 g/mol. The van der Waals surface area contributed by atoms with E-state index in [1.165, 1.54) is 31.4 Å². The van der Waals surface area contributed by atoms with Crippen molar-refractivity contribution >= 4 is 11.4 Å². The summed E-state index contributed by atoms with van der Waals surface area (Å²) < 4.78 is 18.1. The van der Waals surface area contributed by atoms with Crippen molar-refractivity contribution in [2.24, 2.45) is 0 Å². The van der Waals surface area contributed by atoms with E-state index in [1.54, 1.807) is 18.2 Å². The summed E-state index contributed by atoms with van der Waals surface area (Å²) in [6, 6.07) is 10.4. The van der Waals surface area contributed by atoms with Crippen molar-refractivity contribution in [3.8, 4) is 5.75 Å². The summed E-state index contributed by atoms with van der Waals surface area (Å²) >= 11 is 0. The van der Waals surface area contributed by atoms with Gasteiger partial charge in [-0.1, -0.05) is 12.1 Å². The third-order valence-electron chi connectivity index (χ3n) is 3.14. The summed E-state index contributed by atoms with van der Waals surface area (Å²) in [5, 5.41) is 13.9. The molecule has 0 aliphatic rings. The van der Waals surface area contributed by atoms with Crippen LogP contribution in [0.4, 0.5) is 15.8 Å². The number of nitrogens with zero attached hydrogens (tertiary/aromatic N) is 1. The van der Waals surface area contributed by atoms with Crippen LogP contribution in [0.15, 0.2) is 42.5 Å². The average Bonchev–Trinajstić information content (AvgIpc) is 2.48. The lowest BCUT2D eigenvalue weighted by Gasteiger charge is -2.17. The molecule has 0 spiro atoms. The minimum atomic E-state index is -0.476. The highest BCUT2D eigenvalue weighted by Gasteiger charge is 2.13. The highest BCUT2D eigenvalue weighted by Crippen LogP contribution is 2.31. The molecule has 0 bridgehead atoms. The lowest BCUT2D eigenvalue weighted by Crippen LogP contribution is -2.08. The van der Waals surface area contributed by atoms with Gasteiger partial charge in [-0.3, -0.25) is 10.1 Å². The molecule has 110 valence electrons. The van der Waals surface area contributed by atoms with Gasteiger partial charge in [0.25, 0.3) is 5.69 Å². The number of hydrogen-bond acceptors (Lipinski definition) is 4. The Balaban J connectivity index is 2.22. The molecule has 0 heterocycles. The summed E-state index contributed by atoms with van der Waals surface area (Å²) in [4.78, 5) is 10.3. The van der Waals surface area contributed by atoms with E-state index in [9.17, 15) is 14.5 Å². The zero-order valence-electron chi connectivity index (χ0n) is 11.7. The topological polar surface area (TPSA) is 64.4 Å². The molecule has 5 nitrogen and oxygen atoms in total. The van der Waals surface area contributed by atoms with E-state index in [-0.39, 0.29) is 17.5 Å². The van der Waals surface area contributed by atoms with E-state index >= 15 is 0 Å². The summed E-state index contributed by atoms with van der Waals surface area (Å²) in [5.74, 6) is 0.0945. The Morgan fingerprint density at radius 2 is 1.90 bits per heavy atom. The van der Waals surface area contributed by atoms with Crippen LogP contribution in [0.2, 0.25) is 0 Å². The molecule has 2 aromatic carbocycles. The van der Waals surface area contributed by atoms with E-state index in [1.807, 2.05) is 6.92 Å². The molecule has 1 atom stereocenters. The van der Waals surface area contributed by atoms with Crippen LogP contribution in [-0.4, -0.2) is 12.0 Å². The Bertz CT molecular complexity index is 644. The number of hydrogen-bond donors (Lipinski definition) is 1. The minimum absolute atomic E-state index is 0.0353. The molecule has 21 heavy (non-hydrogen) atoms. The van der Waals surface area contributed by atoms with Gasteiger partial charge in [-0.25, -0.2) is 4.39 Å². The number of halogens is 1. The maximum Gasteiger partial charge on any atom is 0.273 e. The lowest BCUT2D eigenvalue weighted by atomic mass is 10.1. The van der Waals surface area contributed by atoms with Crippen molar-refractivity contribution in [2.75, 3.05) is 12.4 Å². The molecule has 0 fully saturated rings. The second kappa shape index (κ2) is 6.21. The first-order valence-electron chi connectivity index (χ1n) is 6.35. The number of ether oxygens (including phenoxy) is 1. The van der Waals surface area contributed by atoms with Crippen LogP contribution in [0.5, 0.6) is 5.75 Å². The zero-order valence-corrected chi connectivity index (χ0v) is 11.7. The SMILES string of the molecule is COc1cc([N+](=O)[O-])ccc1NC(C)c1ccc(F)cc1. The van der Waals surface area contributed by atoms with Gasteiger partial charge in [0.1, 0.15) is 11.6 Å². The van der Waals surface area contributed by atoms with Crippen LogP contribution in [0.3, 0.4) is 0 Å². The zero-order chi connectivity index (χ0) is 15.4. The molecule has 0 radical (unpaired) electrons. The van der Waals surface area contributed by atoms with Crippen molar-refractivity contribution in [2.45, 2.75) is 13.0 Å². The number of non-ortho nitro benzene ring substituents is 1. The molecule has 2 aromatic rings. The smallest absolute Gasteiger partial charge is 0.273 e. The summed E-state index contributed by atoms with van der Waals surface area (Å²) in [5.41, 5.74) is 1.50. The molecule has 0 aliphatic heterocycles. The molecule has 2 rings (SSSR count). The van der Waals surface area contributed by atoms with Crippen molar-refractivity contribution in [1.29, 1.82) is 0 Å². The molecular formula is C15H15FN2O3. The van der Waals surface area contributed by atoms with Gasteiger partial charge < -0.3 is 10.1 Å². The fourth-order valence-corrected chi connectivity index (χ4v) is 1.98. The third-order valence-corrected chi connectivity index (χ3v) is 3.14. The van der Waals surface area contributed by atoms with Gasteiger partial charge in [-0.05, 0) is 30.7 Å². The maximum absolute atomic E-state index is 12.9. The van der Waals surface area contributed by atoms with Gasteiger partial charge in [0.05, 0.1) is 23.8 Å². The summed E-state index contributed by atoms with van der Waals surface area (Å²) in [7, 11) is 1.45. The van der Waals surface area contributed by atoms with Crippen LogP contribution in [0, 0.1) is 15.9 Å². The monoisotopic (exact) mass is 290 g/mol. The lowest BCUT2D eigenvalue weighted by molar-refractivity contribution is -0.384. The van der Waals surface area contributed by atoms with Gasteiger partial charge >= 0.3 is 0 Å². The Morgan fingerprint density at radius 1 is 1.24 bits per heavy atom. The molecule has 6 heteroatoms. The number of benzene rings is 2. The van der Waals surface area contributed by atoms with Crippen LogP contribution in [0.1, 0.15) is 18.5 Å². The summed E-state index contributed by atoms with van der Waals surface area (Å²) in [6.07, 6.45) is 0. The Kier molecular flexibility index (Phi) is 4.37. The molecule has 1 unspecified atom stereocenters. The molecule has 0 saturated carbocycles. The van der Waals surface area contributed by atoms with E-state index in [0.29, 0.717) is 11.4 Å². The van der Waals surface area contributed by atoms with E-state index < -0.39 is 4.92 Å². The standard InChI is InChI=1S/C15H15FN2O3/c1-10(11-3-5-12(16)6-4-11)17-14-8-7-13(18(19)20)9-15(14)21-2/h3-10,17H,1-2H3. The van der Waals surface area contributed by atoms with Crippen molar-refractivity contribution in [3.05, 3.63) is 64.0 Å². The molecule has 1 N–H and O–H groups in total. The Hall–Kier alpha value is -2.63. The Labute approximate surface area is 121 Å². The highest BCUT2D eigenvalue weighted by atomic mass is 19.1. The molecule has 0 saturated heterocycles. The van der Waals surface area contributed by atoms with Crippen LogP contribution >= 0.6 is 0 Å². The quantitative estimate of drug-likeness (QED) is 0.669. The van der Waals surface area contributed by atoms with Crippen LogP contribution in [0.25, 0.3) is 0 Å². The largest absolute Gasteiger partial charge is 0.494 e. The van der Waals surface area contributed by atoms with Gasteiger partial charge in [0.15, 0.2) is 0 Å². The number of methoxy groups -OCH3 is 1. The fourth-order valence-electron chi connectivity index (χ4n) is 1.98. The van der Waals surface area contributed by atoms with E-state index in [0.717, 1.165) is 5.56 Å². The average molecular weight is 290 g/mol. The second-order valence-electron chi connectivity index (χ2n) is 4.56. The van der Waals surface area contributed by atoms with Gasteiger partial charge in [-0.2, -0.15) is 0 Å². The first kappa shape index (κ1) is 14.8. The second-order valence-corrected chi connectivity index (χ2v) is 4.56. The van der Waals surface area contributed by atoms with Gasteiger partial charge in [0, 0.05) is 12.1 Å². The van der Waals surface area contributed by atoms with Crippen molar-refractivity contribution < 1.29 is 14.1 Å². The third kappa shape index (κ3) is 3.47. The Morgan fingerprint density at radius 3 is 2.48 bits per heavy atom. The molecule has 0 amide bonds. The van der Waals surface area contributed by atoms with Gasteiger partial charge in [-0.15, -0.1) is 0 Å². The first-order valence-corrected chi connectivity index (χ1v) is 6.35. The summed E-state index contributed by atoms with van der Waals surface area (Å²) in [6.45, 7) is 1.91. The number of nitro groups is 1. The van der Waals surface area contributed by atoms with Crippen LogP contribution < -0.4 is 10.1 Å². The van der Waals surface area contributed by atoms with Crippen LogP contribution in [-0.2, 0) is 0 Å². The number of nitro benzene ring substituents is 1.